The highest BCUT2D eigenvalue weighted by Gasteiger charge is 2.69. The molecule has 0 radical (unpaired) electrons. The summed E-state index contributed by atoms with van der Waals surface area (Å²) < 4.78 is 40.5. The van der Waals surface area contributed by atoms with Crippen molar-refractivity contribution in [1.82, 2.24) is 10.2 Å². The van der Waals surface area contributed by atoms with Crippen molar-refractivity contribution >= 4 is 23.4 Å². The number of benzene rings is 2. The number of aryl methyl sites for hydroxylation is 1. The molecule has 10 heteroatoms. The number of piperazine rings is 1. The number of hydrogen-bond acceptors (Lipinski definition) is 5. The van der Waals surface area contributed by atoms with E-state index in [4.69, 9.17) is 5.26 Å². The van der Waals surface area contributed by atoms with Crippen LogP contribution in [0.1, 0.15) is 53.2 Å². The number of fused-ring (bicyclic) bond motifs is 5. The number of nitrogens with one attached hydrogen (secondary N) is 1. The van der Waals surface area contributed by atoms with Crippen LogP contribution in [0.25, 0.3) is 0 Å². The summed E-state index contributed by atoms with van der Waals surface area (Å²) in [6.45, 7) is 2.25. The summed E-state index contributed by atoms with van der Waals surface area (Å²) in [6.07, 6.45) is -1.63. The minimum absolute atomic E-state index is 0.151. The third-order valence-electron chi connectivity index (χ3n) is 7.35. The first-order valence-electron chi connectivity index (χ1n) is 11.8. The van der Waals surface area contributed by atoms with Crippen LogP contribution < -0.4 is 10.2 Å². The van der Waals surface area contributed by atoms with Crippen LogP contribution in [0.3, 0.4) is 0 Å². The van der Waals surface area contributed by atoms with Crippen LogP contribution in [-0.4, -0.2) is 46.8 Å². The van der Waals surface area contributed by atoms with Gasteiger partial charge in [-0.3, -0.25) is 14.5 Å². The Morgan fingerprint density at radius 1 is 1.19 bits per heavy atom. The maximum Gasteiger partial charge on any atom is 0.417 e. The normalized spacial score (nSPS) is 24.9. The average Bonchev–Trinajstić information content (AvgIpc) is 3.52. The van der Waals surface area contributed by atoms with Crippen LogP contribution >= 0.6 is 0 Å². The fourth-order valence-electron chi connectivity index (χ4n) is 5.58. The minimum atomic E-state index is -4.84. The number of amides is 3. The summed E-state index contributed by atoms with van der Waals surface area (Å²) >= 11 is 0. The van der Waals surface area contributed by atoms with E-state index in [9.17, 15) is 27.6 Å². The van der Waals surface area contributed by atoms with Crippen molar-refractivity contribution in [1.29, 1.82) is 5.26 Å². The van der Waals surface area contributed by atoms with Crippen molar-refractivity contribution in [2.75, 3.05) is 11.4 Å². The molecule has 2 bridgehead atoms. The Morgan fingerprint density at radius 3 is 2.56 bits per heavy atom. The molecular weight excluding hydrogens is 473 g/mol. The number of carbonyl (C=O) groups excluding carboxylic acids is 3. The van der Waals surface area contributed by atoms with E-state index < -0.39 is 46.9 Å². The smallest absolute Gasteiger partial charge is 0.308 e. The molecule has 3 unspecified atom stereocenters. The van der Waals surface area contributed by atoms with Gasteiger partial charge in [-0.1, -0.05) is 37.6 Å². The van der Waals surface area contributed by atoms with Gasteiger partial charge in [-0.25, -0.2) is 9.69 Å². The van der Waals surface area contributed by atoms with Gasteiger partial charge in [-0.2, -0.15) is 18.4 Å². The maximum absolute atomic E-state index is 13.7. The summed E-state index contributed by atoms with van der Waals surface area (Å²) in [5, 5.41) is 12.2. The van der Waals surface area contributed by atoms with Crippen molar-refractivity contribution < 1.29 is 27.6 Å². The zero-order chi connectivity index (χ0) is 25.8. The lowest BCUT2D eigenvalue weighted by atomic mass is 9.87. The fraction of sp³-hybridized carbons (Fsp3) is 0.385. The van der Waals surface area contributed by atoms with Crippen molar-refractivity contribution in [2.45, 2.75) is 56.4 Å². The number of rotatable bonds is 6. The second kappa shape index (κ2) is 8.45. The number of nitrogens with zero attached hydrogens (tertiary/aromatic N) is 3. The zero-order valence-electron chi connectivity index (χ0n) is 19.4. The number of unbranched alkanes of at least 4 members (excludes halogenated alkanes) is 1. The molecule has 3 fully saturated rings. The van der Waals surface area contributed by atoms with Crippen molar-refractivity contribution in [3.05, 3.63) is 64.7 Å². The molecule has 7 nitrogen and oxygen atoms in total. The highest BCUT2D eigenvalue weighted by molar-refractivity contribution is 6.24. The molecule has 0 saturated carbocycles. The van der Waals surface area contributed by atoms with E-state index in [-0.39, 0.29) is 24.4 Å². The molecule has 3 aliphatic heterocycles. The molecule has 0 aliphatic carbocycles. The van der Waals surface area contributed by atoms with Gasteiger partial charge in [0.2, 0.25) is 0 Å². The Morgan fingerprint density at radius 2 is 1.92 bits per heavy atom. The number of Topliss-reactive ketones (excluding diaryl/α,β-unsaturated/α-hetero) is 1. The molecule has 3 atom stereocenters. The predicted octanol–water partition coefficient (Wildman–Crippen LogP) is 4.05. The number of carbonyl (C=O) groups is 3. The Balaban J connectivity index is 1.49. The number of ketones is 1. The second-order valence-corrected chi connectivity index (χ2v) is 9.46. The first-order chi connectivity index (χ1) is 17.1. The number of halogens is 3. The molecule has 3 heterocycles. The first-order valence-corrected chi connectivity index (χ1v) is 11.8. The minimum Gasteiger partial charge on any atom is -0.308 e. The summed E-state index contributed by atoms with van der Waals surface area (Å²) in [5.41, 5.74) is -1.92. The molecule has 3 saturated heterocycles. The van der Waals surface area contributed by atoms with Crippen LogP contribution in [0.5, 0.6) is 0 Å². The van der Waals surface area contributed by atoms with Gasteiger partial charge in [-0.15, -0.1) is 0 Å². The largest absolute Gasteiger partial charge is 0.417 e. The molecule has 36 heavy (non-hydrogen) atoms. The van der Waals surface area contributed by atoms with Crippen LogP contribution in [0.4, 0.5) is 23.7 Å². The molecular formula is C26H23F3N4O3. The fourth-order valence-corrected chi connectivity index (χ4v) is 5.58. The molecule has 5 rings (SSSR count). The topological polar surface area (TPSA) is 93.5 Å². The lowest BCUT2D eigenvalue weighted by Crippen LogP contribution is -2.61. The third kappa shape index (κ3) is 3.49. The van der Waals surface area contributed by atoms with E-state index in [1.54, 1.807) is 12.1 Å². The first kappa shape index (κ1) is 24.0. The van der Waals surface area contributed by atoms with Crippen LogP contribution in [-0.2, 0) is 17.4 Å². The predicted molar refractivity (Wildman–Crippen MR) is 123 cm³/mol. The van der Waals surface area contributed by atoms with E-state index in [1.165, 1.54) is 11.0 Å². The number of alkyl halides is 3. The summed E-state index contributed by atoms with van der Waals surface area (Å²) in [7, 11) is 0. The molecule has 0 aromatic heterocycles. The third-order valence-corrected chi connectivity index (χ3v) is 7.35. The van der Waals surface area contributed by atoms with Gasteiger partial charge < -0.3 is 5.32 Å². The lowest BCUT2D eigenvalue weighted by Gasteiger charge is -2.36. The van der Waals surface area contributed by atoms with Crippen molar-refractivity contribution in [2.24, 2.45) is 0 Å². The monoisotopic (exact) mass is 496 g/mol. The molecule has 3 aliphatic rings. The molecule has 0 spiro atoms. The van der Waals surface area contributed by atoms with E-state index in [2.05, 4.69) is 12.2 Å². The van der Waals surface area contributed by atoms with Gasteiger partial charge >= 0.3 is 12.2 Å². The highest BCUT2D eigenvalue weighted by Crippen LogP contribution is 2.47. The lowest BCUT2D eigenvalue weighted by molar-refractivity contribution is -0.137. The van der Waals surface area contributed by atoms with Gasteiger partial charge in [-0.05, 0) is 43.0 Å². The standard InChI is InChI=1S/C26H23F3N4O3/c1-2-3-4-15-5-7-16(8-6-15)22(34)25-12-20(31-14-25)21-23(35)32(24(36)33(21)25)18-10-9-17(13-30)19(11-18)26(27,28)29/h5-11,20-21,31H,2-4,12,14H2,1H3. The second-order valence-electron chi connectivity index (χ2n) is 9.46. The van der Waals surface area contributed by atoms with E-state index in [0.29, 0.717) is 16.5 Å². The number of nitriles is 1. The van der Waals surface area contributed by atoms with Gasteiger partial charge in [0.25, 0.3) is 5.91 Å². The number of anilines is 1. The molecule has 2 aromatic rings. The Hall–Kier alpha value is -3.71. The van der Waals surface area contributed by atoms with Gasteiger partial charge in [0.15, 0.2) is 5.78 Å². The zero-order valence-corrected chi connectivity index (χ0v) is 19.4. The van der Waals surface area contributed by atoms with Crippen molar-refractivity contribution in [3.8, 4) is 6.07 Å². The average molecular weight is 496 g/mol. The Labute approximate surface area is 205 Å². The summed E-state index contributed by atoms with van der Waals surface area (Å²) in [4.78, 5) is 42.5. The van der Waals surface area contributed by atoms with Crippen molar-refractivity contribution in [3.63, 3.8) is 0 Å². The summed E-state index contributed by atoms with van der Waals surface area (Å²) in [6, 6.07) is 9.09. The quantitative estimate of drug-likeness (QED) is 0.481. The van der Waals surface area contributed by atoms with Crippen LogP contribution in [0.2, 0.25) is 0 Å². The maximum atomic E-state index is 13.7. The van der Waals surface area contributed by atoms with E-state index in [1.807, 2.05) is 12.1 Å². The van der Waals surface area contributed by atoms with Crippen LogP contribution in [0, 0.1) is 11.3 Å². The van der Waals surface area contributed by atoms with E-state index >= 15 is 0 Å². The number of hydrogen-bond donors (Lipinski definition) is 1. The Kier molecular flexibility index (Phi) is 5.63. The number of urea groups is 1. The Bertz CT molecular complexity index is 1300. The van der Waals surface area contributed by atoms with Gasteiger partial charge in [0, 0.05) is 18.2 Å². The summed E-state index contributed by atoms with van der Waals surface area (Å²) in [5.74, 6) is -1.000. The van der Waals surface area contributed by atoms with E-state index in [0.717, 1.165) is 37.0 Å². The molecule has 186 valence electrons. The molecule has 2 aromatic carbocycles. The van der Waals surface area contributed by atoms with Gasteiger partial charge in [0.05, 0.1) is 22.9 Å². The SMILES string of the molecule is CCCCc1ccc(C(=O)C23CNC(C2)C2C(=O)N(c4ccc(C#N)c(C(F)(F)F)c4)C(=O)N23)cc1. The number of imide groups is 1. The molecule has 3 amide bonds. The highest BCUT2D eigenvalue weighted by atomic mass is 19.4. The van der Waals surface area contributed by atoms with Gasteiger partial charge in [0.1, 0.15) is 11.6 Å². The molecule has 1 N–H and O–H groups in total. The van der Waals surface area contributed by atoms with Crippen LogP contribution in [0.15, 0.2) is 42.5 Å².